The van der Waals surface area contributed by atoms with Gasteiger partial charge in [0.05, 0.1) is 18.9 Å². The van der Waals surface area contributed by atoms with E-state index in [1.54, 1.807) is 19.5 Å². The molecule has 7 nitrogen and oxygen atoms in total. The van der Waals surface area contributed by atoms with Crippen molar-refractivity contribution in [3.8, 4) is 11.4 Å². The number of carbonyl (C=O) groups is 1. The van der Waals surface area contributed by atoms with Crippen molar-refractivity contribution in [1.29, 1.82) is 0 Å². The number of ether oxygens (including phenoxy) is 1. The van der Waals surface area contributed by atoms with Gasteiger partial charge in [0, 0.05) is 38.2 Å². The van der Waals surface area contributed by atoms with Crippen molar-refractivity contribution < 1.29 is 9.53 Å². The van der Waals surface area contributed by atoms with Gasteiger partial charge in [0.25, 0.3) is 0 Å². The molecule has 2 unspecified atom stereocenters. The van der Waals surface area contributed by atoms with Gasteiger partial charge >= 0.3 is 0 Å². The number of aromatic nitrogens is 4. The summed E-state index contributed by atoms with van der Waals surface area (Å²) in [5.74, 6) is 2.44. The highest BCUT2D eigenvalue weighted by atomic mass is 32.2. The van der Waals surface area contributed by atoms with Crippen LogP contribution in [-0.4, -0.2) is 63.1 Å². The zero-order valence-corrected chi connectivity index (χ0v) is 17.0. The molecule has 1 aliphatic heterocycles. The SMILES string of the molecule is COCCn1c(SCC(=O)N2CC(C)CC(C)C2)nnc1-c1ccncc1. The molecule has 2 aromatic rings. The fourth-order valence-corrected chi connectivity index (χ4v) is 4.45. The van der Waals surface area contributed by atoms with Crippen molar-refractivity contribution in [2.45, 2.75) is 32.0 Å². The molecule has 1 fully saturated rings. The molecule has 1 aliphatic rings. The summed E-state index contributed by atoms with van der Waals surface area (Å²) in [7, 11) is 1.67. The molecule has 3 rings (SSSR count). The highest BCUT2D eigenvalue weighted by Crippen LogP contribution is 2.25. The molecule has 146 valence electrons. The Morgan fingerprint density at radius 3 is 2.59 bits per heavy atom. The number of amides is 1. The Balaban J connectivity index is 1.70. The van der Waals surface area contributed by atoms with E-state index in [0.717, 1.165) is 29.6 Å². The number of hydrogen-bond donors (Lipinski definition) is 0. The van der Waals surface area contributed by atoms with Gasteiger partial charge in [-0.3, -0.25) is 14.3 Å². The van der Waals surface area contributed by atoms with Crippen LogP contribution in [0.5, 0.6) is 0 Å². The van der Waals surface area contributed by atoms with E-state index in [4.69, 9.17) is 4.74 Å². The lowest BCUT2D eigenvalue weighted by Gasteiger charge is -2.34. The van der Waals surface area contributed by atoms with E-state index < -0.39 is 0 Å². The van der Waals surface area contributed by atoms with Crippen LogP contribution in [-0.2, 0) is 16.1 Å². The fraction of sp³-hybridized carbons (Fsp3) is 0.579. The summed E-state index contributed by atoms with van der Waals surface area (Å²) in [6.07, 6.45) is 4.66. The van der Waals surface area contributed by atoms with Gasteiger partial charge < -0.3 is 9.64 Å². The van der Waals surface area contributed by atoms with Gasteiger partial charge in [0.1, 0.15) is 0 Å². The smallest absolute Gasteiger partial charge is 0.233 e. The minimum Gasteiger partial charge on any atom is -0.383 e. The standard InChI is InChI=1S/C19H27N5O2S/c1-14-10-15(2)12-23(11-14)17(25)13-27-19-22-21-18(24(19)8-9-26-3)16-4-6-20-7-5-16/h4-7,14-15H,8-13H2,1-3H3. The van der Waals surface area contributed by atoms with E-state index in [2.05, 4.69) is 29.0 Å². The predicted octanol–water partition coefficient (Wildman–Crippen LogP) is 2.58. The number of piperidine rings is 1. The molecule has 1 saturated heterocycles. The lowest BCUT2D eigenvalue weighted by Crippen LogP contribution is -2.43. The van der Waals surface area contributed by atoms with Crippen LogP contribution in [0.25, 0.3) is 11.4 Å². The number of likely N-dealkylation sites (tertiary alicyclic amines) is 1. The van der Waals surface area contributed by atoms with Crippen molar-refractivity contribution in [2.24, 2.45) is 11.8 Å². The van der Waals surface area contributed by atoms with E-state index in [-0.39, 0.29) is 5.91 Å². The largest absolute Gasteiger partial charge is 0.383 e. The summed E-state index contributed by atoms with van der Waals surface area (Å²) in [6.45, 7) is 7.32. The van der Waals surface area contributed by atoms with Crippen LogP contribution in [0.2, 0.25) is 0 Å². The third-order valence-electron chi connectivity index (χ3n) is 4.72. The number of pyridine rings is 1. The van der Waals surface area contributed by atoms with E-state index in [1.165, 1.54) is 18.2 Å². The third kappa shape index (κ3) is 5.07. The van der Waals surface area contributed by atoms with Gasteiger partial charge in [-0.2, -0.15) is 0 Å². The zero-order chi connectivity index (χ0) is 19.2. The maximum atomic E-state index is 12.7. The molecule has 0 N–H and O–H groups in total. The van der Waals surface area contributed by atoms with Crippen LogP contribution in [0.15, 0.2) is 29.7 Å². The number of carbonyl (C=O) groups excluding carboxylic acids is 1. The van der Waals surface area contributed by atoms with Gasteiger partial charge in [-0.25, -0.2) is 0 Å². The monoisotopic (exact) mass is 389 g/mol. The molecule has 0 aliphatic carbocycles. The summed E-state index contributed by atoms with van der Waals surface area (Å²) in [5, 5.41) is 9.40. The summed E-state index contributed by atoms with van der Waals surface area (Å²) in [6, 6.07) is 3.81. The van der Waals surface area contributed by atoms with Crippen LogP contribution >= 0.6 is 11.8 Å². The third-order valence-corrected chi connectivity index (χ3v) is 5.67. The van der Waals surface area contributed by atoms with E-state index in [9.17, 15) is 4.79 Å². The molecule has 0 radical (unpaired) electrons. The second-order valence-corrected chi connectivity index (χ2v) is 8.16. The van der Waals surface area contributed by atoms with Crippen LogP contribution < -0.4 is 0 Å². The van der Waals surface area contributed by atoms with Gasteiger partial charge in [0.15, 0.2) is 11.0 Å². The topological polar surface area (TPSA) is 73.1 Å². The Bertz CT molecular complexity index is 742. The number of rotatable bonds is 7. The van der Waals surface area contributed by atoms with Crippen LogP contribution in [0.1, 0.15) is 20.3 Å². The first kappa shape index (κ1) is 19.8. The van der Waals surface area contributed by atoms with Crippen molar-refractivity contribution in [3.05, 3.63) is 24.5 Å². The second-order valence-electron chi connectivity index (χ2n) is 7.22. The quantitative estimate of drug-likeness (QED) is 0.678. The molecule has 1 amide bonds. The summed E-state index contributed by atoms with van der Waals surface area (Å²) in [5.41, 5.74) is 0.949. The Morgan fingerprint density at radius 2 is 1.93 bits per heavy atom. The Kier molecular flexibility index (Phi) is 6.84. The van der Waals surface area contributed by atoms with Crippen LogP contribution in [0.3, 0.4) is 0 Å². The average molecular weight is 390 g/mol. The van der Waals surface area contributed by atoms with E-state index in [0.29, 0.717) is 30.7 Å². The minimum atomic E-state index is 0.171. The number of methoxy groups -OCH3 is 1. The number of hydrogen-bond acceptors (Lipinski definition) is 6. The predicted molar refractivity (Wildman–Crippen MR) is 105 cm³/mol. The molecule has 0 spiro atoms. The van der Waals surface area contributed by atoms with E-state index in [1.807, 2.05) is 21.6 Å². The first-order valence-corrected chi connectivity index (χ1v) is 10.3. The van der Waals surface area contributed by atoms with Gasteiger partial charge in [-0.1, -0.05) is 25.6 Å². The van der Waals surface area contributed by atoms with Gasteiger partial charge in [-0.05, 0) is 30.4 Å². The Hall–Kier alpha value is -1.93. The summed E-state index contributed by atoms with van der Waals surface area (Å²) < 4.78 is 7.24. The maximum absolute atomic E-state index is 12.7. The van der Waals surface area contributed by atoms with E-state index >= 15 is 0 Å². The lowest BCUT2D eigenvalue weighted by molar-refractivity contribution is -0.130. The van der Waals surface area contributed by atoms with Crippen molar-refractivity contribution >= 4 is 17.7 Å². The molecule has 8 heteroatoms. The Labute approximate surface area is 164 Å². The van der Waals surface area contributed by atoms with Crippen molar-refractivity contribution in [3.63, 3.8) is 0 Å². The normalized spacial score (nSPS) is 20.0. The average Bonchev–Trinajstić information content (AvgIpc) is 3.07. The molecule has 0 aromatic carbocycles. The molecule has 27 heavy (non-hydrogen) atoms. The molecular formula is C19H27N5O2S. The highest BCUT2D eigenvalue weighted by Gasteiger charge is 2.26. The fourth-order valence-electron chi connectivity index (χ4n) is 3.58. The van der Waals surface area contributed by atoms with Crippen molar-refractivity contribution in [1.82, 2.24) is 24.6 Å². The van der Waals surface area contributed by atoms with Gasteiger partial charge in [-0.15, -0.1) is 10.2 Å². The maximum Gasteiger partial charge on any atom is 0.233 e. The van der Waals surface area contributed by atoms with Crippen LogP contribution in [0.4, 0.5) is 0 Å². The molecule has 3 heterocycles. The first-order valence-electron chi connectivity index (χ1n) is 9.31. The molecule has 0 bridgehead atoms. The number of thioether (sulfide) groups is 1. The Morgan fingerprint density at radius 1 is 1.22 bits per heavy atom. The molecule has 0 saturated carbocycles. The minimum absolute atomic E-state index is 0.171. The number of nitrogens with zero attached hydrogens (tertiary/aromatic N) is 5. The lowest BCUT2D eigenvalue weighted by atomic mass is 9.92. The highest BCUT2D eigenvalue weighted by molar-refractivity contribution is 7.99. The molecule has 2 atom stereocenters. The summed E-state index contributed by atoms with van der Waals surface area (Å²) >= 11 is 1.44. The zero-order valence-electron chi connectivity index (χ0n) is 16.2. The molecule has 2 aromatic heterocycles. The second kappa shape index (κ2) is 9.32. The van der Waals surface area contributed by atoms with Crippen LogP contribution in [0, 0.1) is 11.8 Å². The van der Waals surface area contributed by atoms with Gasteiger partial charge in [0.2, 0.25) is 5.91 Å². The van der Waals surface area contributed by atoms with Crippen molar-refractivity contribution in [2.75, 3.05) is 32.6 Å². The summed E-state index contributed by atoms with van der Waals surface area (Å²) in [4.78, 5) is 18.7. The first-order chi connectivity index (χ1) is 13.1. The molecular weight excluding hydrogens is 362 g/mol.